The highest BCUT2D eigenvalue weighted by Crippen LogP contribution is 2.28. The zero-order chi connectivity index (χ0) is 14.6. The van der Waals surface area contributed by atoms with Crippen molar-refractivity contribution in [2.24, 2.45) is 0 Å². The van der Waals surface area contributed by atoms with Gasteiger partial charge in [0.15, 0.2) is 0 Å². The first-order valence-electron chi connectivity index (χ1n) is 7.36. The summed E-state index contributed by atoms with van der Waals surface area (Å²) in [6, 6.07) is 7.93. The summed E-state index contributed by atoms with van der Waals surface area (Å²) < 4.78 is 0. The lowest BCUT2D eigenvalue weighted by Crippen LogP contribution is -2.47. The minimum atomic E-state index is -0.836. The number of carboxylic acids is 1. The molecule has 1 saturated heterocycles. The summed E-state index contributed by atoms with van der Waals surface area (Å²) in [4.78, 5) is 14.2. The molecule has 1 aliphatic heterocycles. The fourth-order valence-electron chi connectivity index (χ4n) is 2.90. The average molecular weight is 276 g/mol. The van der Waals surface area contributed by atoms with E-state index in [0.29, 0.717) is 12.8 Å². The van der Waals surface area contributed by atoms with Crippen LogP contribution < -0.4 is 5.32 Å². The first kappa shape index (κ1) is 14.9. The van der Waals surface area contributed by atoms with Crippen molar-refractivity contribution in [2.75, 3.05) is 25.0 Å². The first-order valence-corrected chi connectivity index (χ1v) is 7.36. The van der Waals surface area contributed by atoms with Crippen LogP contribution in [0.15, 0.2) is 24.3 Å². The van der Waals surface area contributed by atoms with E-state index in [1.807, 2.05) is 31.2 Å². The van der Waals surface area contributed by atoms with Crippen molar-refractivity contribution in [3.05, 3.63) is 29.8 Å². The highest BCUT2D eigenvalue weighted by molar-refractivity contribution is 5.83. The molecule has 1 aliphatic rings. The van der Waals surface area contributed by atoms with Crippen molar-refractivity contribution in [3.63, 3.8) is 0 Å². The summed E-state index contributed by atoms with van der Waals surface area (Å²) in [5.41, 5.74) is 1.20. The Kier molecular flexibility index (Phi) is 4.65. The maximum absolute atomic E-state index is 11.8. The molecule has 1 aromatic carbocycles. The van der Waals surface area contributed by atoms with Crippen molar-refractivity contribution in [1.82, 2.24) is 4.90 Å². The third-order valence-corrected chi connectivity index (χ3v) is 4.19. The van der Waals surface area contributed by atoms with Crippen molar-refractivity contribution in [3.8, 4) is 0 Å². The number of aryl methyl sites for hydroxylation is 1. The van der Waals surface area contributed by atoms with Gasteiger partial charge in [-0.15, -0.1) is 0 Å². The van der Waals surface area contributed by atoms with Gasteiger partial charge in [0, 0.05) is 12.2 Å². The summed E-state index contributed by atoms with van der Waals surface area (Å²) >= 11 is 0. The predicted molar refractivity (Wildman–Crippen MR) is 81.1 cm³/mol. The summed E-state index contributed by atoms with van der Waals surface area (Å²) in [6.07, 6.45) is 2.23. The van der Waals surface area contributed by atoms with Crippen LogP contribution in [0, 0.1) is 6.92 Å². The molecule has 4 heteroatoms. The number of benzene rings is 1. The van der Waals surface area contributed by atoms with Crippen LogP contribution in [0.1, 0.15) is 31.7 Å². The van der Waals surface area contributed by atoms with Gasteiger partial charge in [-0.1, -0.05) is 19.1 Å². The minimum absolute atomic E-state index is 0.643. The van der Waals surface area contributed by atoms with E-state index in [2.05, 4.69) is 17.1 Å². The first-order chi connectivity index (χ1) is 9.55. The number of nitrogens with one attached hydrogen (secondary N) is 1. The third kappa shape index (κ3) is 3.31. The van der Waals surface area contributed by atoms with E-state index >= 15 is 0 Å². The van der Waals surface area contributed by atoms with Gasteiger partial charge in [0.05, 0.1) is 0 Å². The Balaban J connectivity index is 2.19. The van der Waals surface area contributed by atoms with E-state index < -0.39 is 11.5 Å². The van der Waals surface area contributed by atoms with Gasteiger partial charge in [0.25, 0.3) is 0 Å². The van der Waals surface area contributed by atoms with Crippen LogP contribution >= 0.6 is 0 Å². The number of hydrogen-bond donors (Lipinski definition) is 2. The van der Waals surface area contributed by atoms with Crippen molar-refractivity contribution in [2.45, 2.75) is 38.6 Å². The maximum Gasteiger partial charge on any atom is 0.329 e. The second kappa shape index (κ2) is 6.27. The van der Waals surface area contributed by atoms with E-state index in [9.17, 15) is 9.90 Å². The molecule has 0 spiro atoms. The molecule has 0 bridgehead atoms. The van der Waals surface area contributed by atoms with Gasteiger partial charge in [-0.3, -0.25) is 0 Å². The zero-order valence-corrected chi connectivity index (χ0v) is 12.4. The molecule has 20 heavy (non-hydrogen) atoms. The third-order valence-electron chi connectivity index (χ3n) is 4.19. The summed E-state index contributed by atoms with van der Waals surface area (Å²) in [7, 11) is 0. The monoisotopic (exact) mass is 276 g/mol. The van der Waals surface area contributed by atoms with Crippen LogP contribution in [0.3, 0.4) is 0 Å². The Morgan fingerprint density at radius 3 is 2.85 bits per heavy atom. The molecule has 2 N–H and O–H groups in total. The topological polar surface area (TPSA) is 52.6 Å². The molecule has 1 aromatic rings. The van der Waals surface area contributed by atoms with Crippen LogP contribution in [0.2, 0.25) is 0 Å². The Labute approximate surface area is 120 Å². The van der Waals surface area contributed by atoms with Crippen molar-refractivity contribution in [1.29, 1.82) is 0 Å². The highest BCUT2D eigenvalue weighted by Gasteiger charge is 2.39. The molecule has 2 rings (SSSR count). The molecule has 1 unspecified atom stereocenters. The van der Waals surface area contributed by atoms with Crippen LogP contribution in [0.4, 0.5) is 5.69 Å². The minimum Gasteiger partial charge on any atom is -0.480 e. The Bertz CT molecular complexity index is 475. The van der Waals surface area contributed by atoms with Crippen molar-refractivity contribution >= 4 is 11.7 Å². The number of carbonyl (C=O) groups is 1. The Morgan fingerprint density at radius 1 is 1.40 bits per heavy atom. The van der Waals surface area contributed by atoms with Gasteiger partial charge in [-0.05, 0) is 57.0 Å². The van der Waals surface area contributed by atoms with Gasteiger partial charge in [-0.25, -0.2) is 4.79 Å². The second-order valence-corrected chi connectivity index (χ2v) is 5.67. The molecule has 1 heterocycles. The van der Waals surface area contributed by atoms with Crippen LogP contribution in [0.25, 0.3) is 0 Å². The molecule has 0 aromatic heterocycles. The van der Waals surface area contributed by atoms with Crippen molar-refractivity contribution < 1.29 is 9.90 Å². The van der Waals surface area contributed by atoms with Gasteiger partial charge >= 0.3 is 5.97 Å². The fourth-order valence-corrected chi connectivity index (χ4v) is 2.90. The summed E-state index contributed by atoms with van der Waals surface area (Å²) in [6.45, 7) is 6.95. The lowest BCUT2D eigenvalue weighted by atomic mass is 9.90. The number of nitrogens with zero attached hydrogens (tertiary/aromatic N) is 1. The van der Waals surface area contributed by atoms with Gasteiger partial charge in [0.2, 0.25) is 0 Å². The number of aliphatic carboxylic acids is 1. The average Bonchev–Trinajstić information content (AvgIpc) is 2.62. The van der Waals surface area contributed by atoms with E-state index in [4.69, 9.17) is 0 Å². The smallest absolute Gasteiger partial charge is 0.329 e. The Hall–Kier alpha value is -1.55. The largest absolute Gasteiger partial charge is 0.480 e. The number of hydrogen-bond acceptors (Lipinski definition) is 3. The van der Waals surface area contributed by atoms with Crippen LogP contribution in [0.5, 0.6) is 0 Å². The van der Waals surface area contributed by atoms with E-state index in [0.717, 1.165) is 37.3 Å². The van der Waals surface area contributed by atoms with E-state index in [1.165, 1.54) is 0 Å². The molecule has 110 valence electrons. The number of carboxylic acid groups (broad SMARTS) is 1. The van der Waals surface area contributed by atoms with E-state index in [1.54, 1.807) is 0 Å². The fraction of sp³-hybridized carbons (Fsp3) is 0.562. The molecule has 0 amide bonds. The second-order valence-electron chi connectivity index (χ2n) is 5.67. The molecular formula is C16H24N2O2. The molecule has 0 saturated carbocycles. The molecule has 4 nitrogen and oxygen atoms in total. The molecule has 0 aliphatic carbocycles. The SMILES string of the molecule is CCN1CCCC(Nc2cccc(C)c2)(C(=O)O)CC1. The molecule has 1 atom stereocenters. The molecule has 1 fully saturated rings. The lowest BCUT2D eigenvalue weighted by Gasteiger charge is -2.30. The maximum atomic E-state index is 11.8. The number of anilines is 1. The van der Waals surface area contributed by atoms with Crippen LogP contribution in [-0.2, 0) is 4.79 Å². The lowest BCUT2D eigenvalue weighted by molar-refractivity contribution is -0.142. The van der Waals surface area contributed by atoms with Gasteiger partial charge in [0.1, 0.15) is 5.54 Å². The standard InChI is InChI=1S/C16H24N2O2/c1-3-18-10-5-8-16(9-11-18,15(19)20)17-14-7-4-6-13(2)12-14/h4,6-7,12,17H,3,5,8-11H2,1-2H3,(H,19,20). The number of rotatable bonds is 4. The molecular weight excluding hydrogens is 252 g/mol. The summed E-state index contributed by atoms with van der Waals surface area (Å²) in [5, 5.41) is 13.0. The molecule has 0 radical (unpaired) electrons. The number of likely N-dealkylation sites (tertiary alicyclic amines) is 1. The normalized spacial score (nSPS) is 24.1. The quantitative estimate of drug-likeness (QED) is 0.888. The van der Waals surface area contributed by atoms with Gasteiger partial charge in [-0.2, -0.15) is 0 Å². The summed E-state index contributed by atoms with van der Waals surface area (Å²) in [5.74, 6) is -0.739. The van der Waals surface area contributed by atoms with Crippen LogP contribution in [-0.4, -0.2) is 41.1 Å². The van der Waals surface area contributed by atoms with E-state index in [-0.39, 0.29) is 0 Å². The Morgan fingerprint density at radius 2 is 2.20 bits per heavy atom. The predicted octanol–water partition coefficient (Wildman–Crippen LogP) is 2.74. The highest BCUT2D eigenvalue weighted by atomic mass is 16.4. The zero-order valence-electron chi connectivity index (χ0n) is 12.4. The van der Waals surface area contributed by atoms with Gasteiger partial charge < -0.3 is 15.3 Å².